The second kappa shape index (κ2) is 12.8. The highest BCUT2D eigenvalue weighted by atomic mass is 35.5. The molecule has 8 nitrogen and oxygen atoms in total. The van der Waals surface area contributed by atoms with E-state index in [9.17, 15) is 4.79 Å². The molecule has 0 spiro atoms. The van der Waals surface area contributed by atoms with Gasteiger partial charge >= 0.3 is 0 Å². The van der Waals surface area contributed by atoms with Crippen LogP contribution in [0.4, 0.5) is 5.95 Å². The number of hydrogen-bond acceptors (Lipinski definition) is 7. The summed E-state index contributed by atoms with van der Waals surface area (Å²) in [4.78, 5) is 17.7. The molecule has 1 aromatic heterocycles. The molecule has 0 saturated carbocycles. The Labute approximate surface area is 202 Å². The Hall–Kier alpha value is -3.07. The summed E-state index contributed by atoms with van der Waals surface area (Å²) in [5.41, 5.74) is 12.3. The van der Waals surface area contributed by atoms with Gasteiger partial charge in [-0.25, -0.2) is 9.97 Å². The topological polar surface area (TPSA) is 123 Å². The van der Waals surface area contributed by atoms with Crippen LogP contribution in [0.3, 0.4) is 0 Å². The minimum Gasteiger partial charge on any atom is -0.495 e. The molecular weight excluding hydrogens is 467 g/mol. The molecule has 1 saturated heterocycles. The van der Waals surface area contributed by atoms with Crippen LogP contribution in [-0.4, -0.2) is 43.3 Å². The zero-order valence-corrected chi connectivity index (χ0v) is 19.9. The van der Waals surface area contributed by atoms with Crippen LogP contribution >= 0.6 is 23.2 Å². The van der Waals surface area contributed by atoms with E-state index in [1.807, 2.05) is 18.2 Å². The molecule has 0 radical (unpaired) electrons. The van der Waals surface area contributed by atoms with E-state index >= 15 is 0 Å². The summed E-state index contributed by atoms with van der Waals surface area (Å²) < 4.78 is 15.5. The van der Waals surface area contributed by atoms with E-state index in [1.54, 1.807) is 12.3 Å². The standard InChI is InChI=1S/C16H13Cl2N3O2.C4H8O.C3H5NO/c1-22-11-6-12(23-2)15(18)13(14(11)17)8-3-4-10-9(5-8)7-20-16(19)21-10;1-2-4-5-3-1;1-2-3(4)5/h3-7H,1-2H3,(H2,19,20,21);1-4H2;2H,1H2,(H2,4,5). The van der Waals surface area contributed by atoms with Gasteiger partial charge in [0.2, 0.25) is 11.9 Å². The normalized spacial score (nSPS) is 12.1. The molecule has 1 amide bonds. The van der Waals surface area contributed by atoms with E-state index < -0.39 is 5.91 Å². The third-order valence-corrected chi connectivity index (χ3v) is 5.24. The number of nitrogens with zero attached hydrogens (tertiary/aromatic N) is 2. The van der Waals surface area contributed by atoms with Gasteiger partial charge in [-0.15, -0.1) is 0 Å². The molecule has 0 atom stereocenters. The summed E-state index contributed by atoms with van der Waals surface area (Å²) >= 11 is 12.9. The van der Waals surface area contributed by atoms with Crippen LogP contribution < -0.4 is 20.9 Å². The summed E-state index contributed by atoms with van der Waals surface area (Å²) in [7, 11) is 3.07. The average Bonchev–Trinajstić information content (AvgIpc) is 3.40. The van der Waals surface area contributed by atoms with E-state index in [0.29, 0.717) is 27.1 Å². The summed E-state index contributed by atoms with van der Waals surface area (Å²) in [6.45, 7) is 5.09. The molecule has 1 aliphatic rings. The molecule has 0 unspecified atom stereocenters. The third kappa shape index (κ3) is 7.21. The highest BCUT2D eigenvalue weighted by Gasteiger charge is 2.19. The number of nitrogens with two attached hydrogens (primary N) is 2. The van der Waals surface area contributed by atoms with Gasteiger partial charge in [-0.05, 0) is 36.6 Å². The van der Waals surface area contributed by atoms with Crippen LogP contribution in [0.5, 0.6) is 11.5 Å². The van der Waals surface area contributed by atoms with Crippen LogP contribution in [-0.2, 0) is 9.53 Å². The summed E-state index contributed by atoms with van der Waals surface area (Å²) in [5, 5.41) is 1.65. The van der Waals surface area contributed by atoms with Crippen molar-refractivity contribution in [3.05, 3.63) is 53.2 Å². The first-order valence-corrected chi connectivity index (χ1v) is 10.7. The first kappa shape index (κ1) is 26.2. The molecule has 4 rings (SSSR count). The zero-order valence-electron chi connectivity index (χ0n) is 18.4. The fraction of sp³-hybridized carbons (Fsp3) is 0.261. The van der Waals surface area contributed by atoms with E-state index in [-0.39, 0.29) is 5.95 Å². The molecule has 10 heteroatoms. The maximum absolute atomic E-state index is 9.47. The maximum Gasteiger partial charge on any atom is 0.240 e. The molecule has 33 heavy (non-hydrogen) atoms. The predicted molar refractivity (Wildman–Crippen MR) is 132 cm³/mol. The Bertz CT molecular complexity index is 1090. The van der Waals surface area contributed by atoms with Gasteiger partial charge < -0.3 is 25.7 Å². The Morgan fingerprint density at radius 2 is 1.70 bits per heavy atom. The Morgan fingerprint density at radius 1 is 1.12 bits per heavy atom. The number of methoxy groups -OCH3 is 2. The van der Waals surface area contributed by atoms with Crippen LogP contribution in [0.25, 0.3) is 22.0 Å². The van der Waals surface area contributed by atoms with Crippen LogP contribution in [0.15, 0.2) is 43.1 Å². The number of ether oxygens (including phenoxy) is 3. The molecule has 2 aromatic carbocycles. The molecule has 0 aliphatic carbocycles. The van der Waals surface area contributed by atoms with Crippen molar-refractivity contribution in [2.24, 2.45) is 5.73 Å². The van der Waals surface area contributed by atoms with Crippen molar-refractivity contribution in [1.29, 1.82) is 0 Å². The highest BCUT2D eigenvalue weighted by Crippen LogP contribution is 2.46. The number of nitrogen functional groups attached to an aromatic ring is 1. The number of carbonyl (C=O) groups is 1. The Morgan fingerprint density at radius 3 is 2.15 bits per heavy atom. The molecular formula is C23H26Cl2N4O4. The van der Waals surface area contributed by atoms with E-state index in [1.165, 1.54) is 27.1 Å². The summed E-state index contributed by atoms with van der Waals surface area (Å²) in [6, 6.07) is 7.24. The number of halogens is 2. The number of amides is 1. The van der Waals surface area contributed by atoms with Crippen molar-refractivity contribution >= 4 is 46.0 Å². The van der Waals surface area contributed by atoms with Gasteiger partial charge in [0.05, 0.1) is 29.8 Å². The van der Waals surface area contributed by atoms with Crippen molar-refractivity contribution in [2.75, 3.05) is 33.2 Å². The summed E-state index contributed by atoms with van der Waals surface area (Å²) in [6.07, 6.45) is 5.26. The van der Waals surface area contributed by atoms with Crippen molar-refractivity contribution in [2.45, 2.75) is 12.8 Å². The first-order chi connectivity index (χ1) is 15.8. The highest BCUT2D eigenvalue weighted by molar-refractivity contribution is 6.41. The van der Waals surface area contributed by atoms with Gasteiger partial charge in [0.25, 0.3) is 0 Å². The van der Waals surface area contributed by atoms with Crippen molar-refractivity contribution in [1.82, 2.24) is 9.97 Å². The molecule has 176 valence electrons. The lowest BCUT2D eigenvalue weighted by molar-refractivity contribution is -0.113. The number of hydrogen-bond donors (Lipinski definition) is 2. The van der Waals surface area contributed by atoms with Crippen molar-refractivity contribution in [3.63, 3.8) is 0 Å². The Balaban J connectivity index is 0.000000320. The first-order valence-electron chi connectivity index (χ1n) is 9.94. The SMILES string of the molecule is C1CCOC1.C=CC(N)=O.COc1cc(OC)c(Cl)c(-c2ccc3nc(N)ncc3c2)c1Cl. The van der Waals surface area contributed by atoms with Crippen LogP contribution in [0, 0.1) is 0 Å². The number of aromatic nitrogens is 2. The molecule has 1 fully saturated rings. The largest absolute Gasteiger partial charge is 0.495 e. The third-order valence-electron chi connectivity index (χ3n) is 4.49. The van der Waals surface area contributed by atoms with Gasteiger partial charge in [-0.1, -0.05) is 35.8 Å². The van der Waals surface area contributed by atoms with E-state index in [4.69, 9.17) is 43.1 Å². The Kier molecular flexibility index (Phi) is 10.2. The number of anilines is 1. The van der Waals surface area contributed by atoms with Crippen LogP contribution in [0.1, 0.15) is 12.8 Å². The van der Waals surface area contributed by atoms with Gasteiger partial charge in [-0.2, -0.15) is 0 Å². The van der Waals surface area contributed by atoms with E-state index in [0.717, 1.165) is 35.8 Å². The number of carbonyl (C=O) groups excluding carboxylic acids is 1. The smallest absolute Gasteiger partial charge is 0.240 e. The number of benzene rings is 2. The minimum atomic E-state index is -0.481. The zero-order chi connectivity index (χ0) is 24.4. The molecule has 3 aromatic rings. The molecule has 2 heterocycles. The quantitative estimate of drug-likeness (QED) is 0.507. The monoisotopic (exact) mass is 492 g/mol. The van der Waals surface area contributed by atoms with Gasteiger partial charge in [-0.3, -0.25) is 4.79 Å². The maximum atomic E-state index is 9.47. The lowest BCUT2D eigenvalue weighted by Gasteiger charge is -2.15. The molecule has 0 bridgehead atoms. The van der Waals surface area contributed by atoms with Gasteiger partial charge in [0.15, 0.2) is 0 Å². The lowest BCUT2D eigenvalue weighted by Crippen LogP contribution is -2.04. The van der Waals surface area contributed by atoms with Crippen molar-refractivity contribution < 1.29 is 19.0 Å². The summed E-state index contributed by atoms with van der Waals surface area (Å²) in [5.74, 6) is 0.711. The van der Waals surface area contributed by atoms with Crippen LogP contribution in [0.2, 0.25) is 10.0 Å². The number of fused-ring (bicyclic) bond motifs is 1. The predicted octanol–water partition coefficient (Wildman–Crippen LogP) is 4.66. The number of rotatable bonds is 4. The van der Waals surface area contributed by atoms with E-state index in [2.05, 4.69) is 22.3 Å². The second-order valence-electron chi connectivity index (χ2n) is 6.71. The van der Waals surface area contributed by atoms with Gasteiger partial charge in [0.1, 0.15) is 11.5 Å². The average molecular weight is 493 g/mol. The number of primary amides is 1. The lowest BCUT2D eigenvalue weighted by atomic mass is 10.0. The minimum absolute atomic E-state index is 0.226. The van der Waals surface area contributed by atoms with Gasteiger partial charge in [0, 0.05) is 36.4 Å². The van der Waals surface area contributed by atoms with Crippen molar-refractivity contribution in [3.8, 4) is 22.6 Å². The second-order valence-corrected chi connectivity index (χ2v) is 7.47. The fourth-order valence-corrected chi connectivity index (χ4v) is 3.57. The fourth-order valence-electron chi connectivity index (χ4n) is 2.85. The molecule has 1 aliphatic heterocycles. The molecule has 4 N–H and O–H groups in total.